The van der Waals surface area contributed by atoms with E-state index in [0.717, 1.165) is 38.4 Å². The monoisotopic (exact) mass is 411 g/mol. The number of aromatic amines is 1. The maximum Gasteiger partial charge on any atom is 0.272 e. The lowest BCUT2D eigenvalue weighted by Crippen LogP contribution is -2.11. The Hall–Kier alpha value is -3.09. The molecule has 3 aromatic rings. The molecule has 1 saturated carbocycles. The molecule has 0 aliphatic heterocycles. The van der Waals surface area contributed by atoms with Crippen LogP contribution in [0, 0.1) is 0 Å². The van der Waals surface area contributed by atoms with Crippen molar-refractivity contribution in [2.24, 2.45) is 11.5 Å². The van der Waals surface area contributed by atoms with Crippen LogP contribution in [0.2, 0.25) is 0 Å². The minimum Gasteiger partial charge on any atom is -0.403 e. The first-order chi connectivity index (χ1) is 14.3. The summed E-state index contributed by atoms with van der Waals surface area (Å²) in [5.74, 6) is -1.79. The first-order valence-corrected chi connectivity index (χ1v) is 10.3. The number of nitrogens with two attached hydrogens (primary N) is 2. The summed E-state index contributed by atoms with van der Waals surface area (Å²) in [6.07, 6.45) is 8.81. The Kier molecular flexibility index (Phi) is 5.13. The number of halogens is 2. The van der Waals surface area contributed by atoms with Crippen LogP contribution in [-0.4, -0.2) is 14.5 Å². The van der Waals surface area contributed by atoms with Crippen LogP contribution in [0.3, 0.4) is 0 Å². The fraction of sp³-hybridized carbons (Fsp3) is 0.348. The lowest BCUT2D eigenvalue weighted by molar-refractivity contribution is 0.0189. The van der Waals surface area contributed by atoms with Gasteiger partial charge in [-0.1, -0.05) is 44.0 Å². The Labute approximate surface area is 174 Å². The average Bonchev–Trinajstić information content (AvgIpc) is 3.29. The summed E-state index contributed by atoms with van der Waals surface area (Å²) in [5.41, 5.74) is 14.4. The fourth-order valence-electron chi connectivity index (χ4n) is 4.48. The highest BCUT2D eigenvalue weighted by Gasteiger charge is 2.29. The van der Waals surface area contributed by atoms with Gasteiger partial charge in [-0.2, -0.15) is 0 Å². The molecule has 0 spiro atoms. The van der Waals surface area contributed by atoms with Gasteiger partial charge in [-0.05, 0) is 18.9 Å². The number of hydrogen-bond donors (Lipinski definition) is 3. The zero-order valence-corrected chi connectivity index (χ0v) is 17.1. The van der Waals surface area contributed by atoms with E-state index < -0.39 is 5.92 Å². The van der Waals surface area contributed by atoms with Crippen LogP contribution in [0.15, 0.2) is 37.0 Å². The second kappa shape index (κ2) is 7.63. The summed E-state index contributed by atoms with van der Waals surface area (Å²) in [4.78, 5) is 8.09. The lowest BCUT2D eigenvalue weighted by Gasteiger charge is -2.21. The minimum absolute atomic E-state index is 0.0480. The van der Waals surface area contributed by atoms with Gasteiger partial charge in [0.25, 0.3) is 5.92 Å². The van der Waals surface area contributed by atoms with Gasteiger partial charge >= 0.3 is 0 Å². The average molecular weight is 412 g/mol. The number of alkyl halides is 2. The Balaban J connectivity index is 1.93. The molecule has 7 heteroatoms. The normalized spacial score (nSPS) is 16.0. The van der Waals surface area contributed by atoms with E-state index in [0.29, 0.717) is 39.6 Å². The SMILES string of the molecule is C=C(N)c1c(-c2cc3cccc(C(C)(F)F)c3[nH]2)nc(C2CCCCC2)n1/C=C\N. The van der Waals surface area contributed by atoms with Crippen molar-refractivity contribution >= 4 is 22.8 Å². The molecule has 1 aromatic carbocycles. The van der Waals surface area contributed by atoms with E-state index >= 15 is 0 Å². The molecule has 2 heterocycles. The smallest absolute Gasteiger partial charge is 0.272 e. The summed E-state index contributed by atoms with van der Waals surface area (Å²) < 4.78 is 30.1. The second-order valence-corrected chi connectivity index (χ2v) is 8.08. The molecule has 0 saturated heterocycles. The molecule has 2 aromatic heterocycles. The topological polar surface area (TPSA) is 85.7 Å². The molecule has 158 valence electrons. The van der Waals surface area contributed by atoms with E-state index in [-0.39, 0.29) is 5.56 Å². The number of fused-ring (bicyclic) bond motifs is 1. The predicted molar refractivity (Wildman–Crippen MR) is 118 cm³/mol. The van der Waals surface area contributed by atoms with Gasteiger partial charge in [0.2, 0.25) is 0 Å². The van der Waals surface area contributed by atoms with Crippen molar-refractivity contribution in [2.45, 2.75) is 50.9 Å². The van der Waals surface area contributed by atoms with Crippen LogP contribution >= 0.6 is 0 Å². The highest BCUT2D eigenvalue weighted by Crippen LogP contribution is 2.39. The van der Waals surface area contributed by atoms with Crippen molar-refractivity contribution in [3.8, 4) is 11.4 Å². The van der Waals surface area contributed by atoms with Gasteiger partial charge in [0, 0.05) is 36.2 Å². The molecule has 0 unspecified atom stereocenters. The van der Waals surface area contributed by atoms with Gasteiger partial charge in [0.1, 0.15) is 11.5 Å². The molecule has 1 aliphatic carbocycles. The third-order valence-corrected chi connectivity index (χ3v) is 5.83. The first kappa shape index (κ1) is 20.2. The van der Waals surface area contributed by atoms with Crippen molar-refractivity contribution in [3.63, 3.8) is 0 Å². The molecular weight excluding hydrogens is 384 g/mol. The van der Waals surface area contributed by atoms with Crippen molar-refractivity contribution < 1.29 is 8.78 Å². The molecule has 5 nitrogen and oxygen atoms in total. The maximum absolute atomic E-state index is 14.1. The predicted octanol–water partition coefficient (Wildman–Crippen LogP) is 5.51. The first-order valence-electron chi connectivity index (χ1n) is 10.3. The van der Waals surface area contributed by atoms with Gasteiger partial charge in [-0.25, -0.2) is 13.8 Å². The number of nitrogens with one attached hydrogen (secondary N) is 1. The van der Waals surface area contributed by atoms with Crippen molar-refractivity contribution in [3.05, 3.63) is 54.1 Å². The number of aromatic nitrogens is 3. The quantitative estimate of drug-likeness (QED) is 0.518. The zero-order chi connectivity index (χ0) is 21.5. The molecule has 1 aliphatic rings. The van der Waals surface area contributed by atoms with Crippen LogP contribution in [-0.2, 0) is 5.92 Å². The highest BCUT2D eigenvalue weighted by atomic mass is 19.3. The summed E-state index contributed by atoms with van der Waals surface area (Å²) in [6, 6.07) is 6.72. The number of H-pyrrole nitrogens is 1. The Morgan fingerprint density at radius 1 is 1.30 bits per heavy atom. The van der Waals surface area contributed by atoms with Crippen LogP contribution in [0.5, 0.6) is 0 Å². The van der Waals surface area contributed by atoms with Gasteiger partial charge < -0.3 is 16.5 Å². The number of para-hydroxylation sites is 1. The third kappa shape index (κ3) is 3.49. The zero-order valence-electron chi connectivity index (χ0n) is 17.1. The van der Waals surface area contributed by atoms with Crippen LogP contribution < -0.4 is 11.5 Å². The van der Waals surface area contributed by atoms with Crippen molar-refractivity contribution in [1.82, 2.24) is 14.5 Å². The summed E-state index contributed by atoms with van der Waals surface area (Å²) >= 11 is 0. The summed E-state index contributed by atoms with van der Waals surface area (Å²) in [7, 11) is 0. The molecule has 0 atom stereocenters. The molecule has 5 N–H and O–H groups in total. The van der Waals surface area contributed by atoms with E-state index in [1.54, 1.807) is 18.3 Å². The van der Waals surface area contributed by atoms with E-state index in [2.05, 4.69) is 11.6 Å². The lowest BCUT2D eigenvalue weighted by atomic mass is 9.88. The summed E-state index contributed by atoms with van der Waals surface area (Å²) in [6.45, 7) is 4.83. The number of nitrogens with zero attached hydrogens (tertiary/aromatic N) is 2. The highest BCUT2D eigenvalue weighted by molar-refractivity contribution is 5.90. The van der Waals surface area contributed by atoms with E-state index in [9.17, 15) is 8.78 Å². The maximum atomic E-state index is 14.1. The molecule has 30 heavy (non-hydrogen) atoms. The summed E-state index contributed by atoms with van der Waals surface area (Å²) in [5, 5.41) is 0.695. The Morgan fingerprint density at radius 3 is 2.67 bits per heavy atom. The van der Waals surface area contributed by atoms with Crippen LogP contribution in [0.1, 0.15) is 62.0 Å². The number of rotatable bonds is 5. The standard InChI is InChI=1S/C23H27F2N5/c1-14(27)21-20(29-22(30(21)12-11-26)15-7-4-3-5-8-15)18-13-16-9-6-10-17(19(16)28-18)23(2,24)25/h6,9-13,15,28H,1,3-5,7-8,26-27H2,2H3/b12-11-. The van der Waals surface area contributed by atoms with Crippen LogP contribution in [0.25, 0.3) is 34.2 Å². The Bertz CT molecular complexity index is 1110. The molecule has 1 fully saturated rings. The second-order valence-electron chi connectivity index (χ2n) is 8.08. The van der Waals surface area contributed by atoms with Gasteiger partial charge in [0.15, 0.2) is 0 Å². The minimum atomic E-state index is -2.96. The number of benzene rings is 1. The largest absolute Gasteiger partial charge is 0.403 e. The number of hydrogen-bond acceptors (Lipinski definition) is 3. The van der Waals surface area contributed by atoms with E-state index in [1.165, 1.54) is 18.7 Å². The fourth-order valence-corrected chi connectivity index (χ4v) is 4.48. The van der Waals surface area contributed by atoms with Gasteiger partial charge in [0.05, 0.1) is 22.6 Å². The Morgan fingerprint density at radius 2 is 2.03 bits per heavy atom. The van der Waals surface area contributed by atoms with Crippen molar-refractivity contribution in [2.75, 3.05) is 0 Å². The molecule has 0 amide bonds. The van der Waals surface area contributed by atoms with Gasteiger partial charge in [-0.3, -0.25) is 4.57 Å². The third-order valence-electron chi connectivity index (χ3n) is 5.83. The molecule has 0 bridgehead atoms. The molecular formula is C23H27F2N5. The molecule has 4 rings (SSSR count). The van der Waals surface area contributed by atoms with Crippen LogP contribution in [0.4, 0.5) is 8.78 Å². The number of imidazole rings is 1. The van der Waals surface area contributed by atoms with Crippen molar-refractivity contribution in [1.29, 1.82) is 0 Å². The molecule has 0 radical (unpaired) electrons. The van der Waals surface area contributed by atoms with Gasteiger partial charge in [-0.15, -0.1) is 0 Å². The van der Waals surface area contributed by atoms with E-state index in [1.807, 2.05) is 10.6 Å². The van der Waals surface area contributed by atoms with E-state index in [4.69, 9.17) is 16.5 Å².